The smallest absolute Gasteiger partial charge is 0.264 e. The van der Waals surface area contributed by atoms with Gasteiger partial charge in [0.15, 0.2) is 0 Å². The molecule has 1 unspecified atom stereocenters. The average molecular weight is 445 g/mol. The van der Waals surface area contributed by atoms with E-state index in [0.717, 1.165) is 6.42 Å². The molecule has 1 fully saturated rings. The molecule has 4 heteroatoms. The highest BCUT2D eigenvalue weighted by Crippen LogP contribution is 2.55. The highest BCUT2D eigenvalue weighted by molar-refractivity contribution is 7.86. The monoisotopic (exact) mass is 444 g/mol. The highest BCUT2D eigenvalue weighted by atomic mass is 32.2. The maximum Gasteiger partial charge on any atom is 0.264 e. The fourth-order valence-electron chi connectivity index (χ4n) is 5.72. The van der Waals surface area contributed by atoms with Gasteiger partial charge in [-0.25, -0.2) is 0 Å². The van der Waals surface area contributed by atoms with Crippen molar-refractivity contribution >= 4 is 15.7 Å². The Hall–Kier alpha value is -2.69. The van der Waals surface area contributed by atoms with Crippen molar-refractivity contribution in [3.8, 4) is 0 Å². The first-order valence-electron chi connectivity index (χ1n) is 11.2. The standard InChI is InChI=1S/C28H28O3S/c1-32(29,30)31-28-19-25(22-15-9-4-10-16-22)26-18-27(28)24(21-13-7-3-8-14-21)17-23(26)20-11-5-2-6-12-20/h2-17,24-28H,18-19H2,1H3/t24-,25-,26-,27+,28?/m0/s1. The van der Waals surface area contributed by atoms with Crippen LogP contribution in [0.15, 0.2) is 97.1 Å². The van der Waals surface area contributed by atoms with Crippen molar-refractivity contribution in [2.24, 2.45) is 11.8 Å². The van der Waals surface area contributed by atoms with Gasteiger partial charge in [0, 0.05) is 5.92 Å². The second-order valence-corrected chi connectivity index (χ2v) is 10.6. The second-order valence-electron chi connectivity index (χ2n) is 9.02. The maximum absolute atomic E-state index is 12.2. The lowest BCUT2D eigenvalue weighted by atomic mass is 9.58. The Morgan fingerprint density at radius 3 is 1.88 bits per heavy atom. The first kappa shape index (κ1) is 21.2. The van der Waals surface area contributed by atoms with Crippen molar-refractivity contribution in [2.45, 2.75) is 30.8 Å². The van der Waals surface area contributed by atoms with E-state index in [9.17, 15) is 8.42 Å². The topological polar surface area (TPSA) is 43.4 Å². The molecule has 3 aromatic rings. The van der Waals surface area contributed by atoms with Crippen LogP contribution in [0.4, 0.5) is 0 Å². The SMILES string of the molecule is CS(=O)(=O)OC1C[C@@H](c2ccccc2)[C@H]2C[C@@H]1[C@H](c1ccccc1)C=C2c1ccccc1. The number of benzene rings is 3. The van der Waals surface area contributed by atoms with E-state index in [1.54, 1.807) is 0 Å². The summed E-state index contributed by atoms with van der Waals surface area (Å²) in [5.41, 5.74) is 5.07. The third-order valence-corrected chi connectivity index (χ3v) is 7.61. The molecule has 164 valence electrons. The minimum absolute atomic E-state index is 0.115. The normalized spacial score (nSPS) is 27.5. The predicted octanol–water partition coefficient (Wildman–Crippen LogP) is 6.02. The fraction of sp³-hybridized carbons (Fsp3) is 0.286. The highest BCUT2D eigenvalue weighted by Gasteiger charge is 2.47. The van der Waals surface area contributed by atoms with E-state index < -0.39 is 10.1 Å². The van der Waals surface area contributed by atoms with Crippen LogP contribution < -0.4 is 0 Å². The Labute approximate surface area is 190 Å². The molecule has 0 heterocycles. The first-order valence-corrected chi connectivity index (χ1v) is 13.1. The number of hydrogen-bond acceptors (Lipinski definition) is 3. The molecule has 0 amide bonds. The Morgan fingerprint density at radius 2 is 1.28 bits per heavy atom. The van der Waals surface area contributed by atoms with Gasteiger partial charge in [0.2, 0.25) is 0 Å². The molecule has 1 saturated carbocycles. The van der Waals surface area contributed by atoms with E-state index in [2.05, 4.69) is 84.9 Å². The van der Waals surface area contributed by atoms with E-state index in [-0.39, 0.29) is 23.9 Å². The quantitative estimate of drug-likeness (QED) is 0.452. The zero-order chi connectivity index (χ0) is 22.1. The van der Waals surface area contributed by atoms with Gasteiger partial charge in [-0.1, -0.05) is 97.1 Å². The van der Waals surface area contributed by atoms with Crippen LogP contribution in [0.3, 0.4) is 0 Å². The molecule has 0 N–H and O–H groups in total. The van der Waals surface area contributed by atoms with E-state index in [4.69, 9.17) is 4.18 Å². The molecule has 0 aromatic heterocycles. The number of rotatable bonds is 5. The summed E-state index contributed by atoms with van der Waals surface area (Å²) >= 11 is 0. The van der Waals surface area contributed by atoms with Gasteiger partial charge >= 0.3 is 0 Å². The molecule has 3 nitrogen and oxygen atoms in total. The van der Waals surface area contributed by atoms with Gasteiger partial charge in [-0.15, -0.1) is 0 Å². The summed E-state index contributed by atoms with van der Waals surface area (Å²) in [5.74, 6) is 0.766. The van der Waals surface area contributed by atoms with Gasteiger partial charge in [-0.2, -0.15) is 8.42 Å². The van der Waals surface area contributed by atoms with E-state index in [1.165, 1.54) is 28.5 Å². The molecule has 5 rings (SSSR count). The fourth-order valence-corrected chi connectivity index (χ4v) is 6.39. The minimum Gasteiger partial charge on any atom is -0.267 e. The zero-order valence-electron chi connectivity index (χ0n) is 18.2. The van der Waals surface area contributed by atoms with Gasteiger partial charge < -0.3 is 0 Å². The number of fused-ring (bicyclic) bond motifs is 2. The van der Waals surface area contributed by atoms with Crippen molar-refractivity contribution in [2.75, 3.05) is 6.26 Å². The van der Waals surface area contributed by atoms with Crippen molar-refractivity contribution in [3.63, 3.8) is 0 Å². The lowest BCUT2D eigenvalue weighted by Gasteiger charge is -2.48. The number of allylic oxidation sites excluding steroid dienone is 2. The summed E-state index contributed by atoms with van der Waals surface area (Å²) in [6.45, 7) is 0. The molecular weight excluding hydrogens is 416 g/mol. The molecule has 5 atom stereocenters. The van der Waals surface area contributed by atoms with Crippen molar-refractivity contribution < 1.29 is 12.6 Å². The molecule has 0 radical (unpaired) electrons. The van der Waals surface area contributed by atoms with Crippen LogP contribution in [0.5, 0.6) is 0 Å². The summed E-state index contributed by atoms with van der Waals surface area (Å²) in [7, 11) is -3.56. The lowest BCUT2D eigenvalue weighted by molar-refractivity contribution is 0.0614. The second kappa shape index (κ2) is 8.68. The predicted molar refractivity (Wildman–Crippen MR) is 129 cm³/mol. The van der Waals surface area contributed by atoms with Gasteiger partial charge in [0.1, 0.15) is 0 Å². The van der Waals surface area contributed by atoms with Crippen LogP contribution >= 0.6 is 0 Å². The molecule has 0 spiro atoms. The first-order chi connectivity index (χ1) is 15.5. The van der Waals surface area contributed by atoms with Crippen molar-refractivity contribution in [1.29, 1.82) is 0 Å². The molecule has 2 aliphatic rings. The Balaban J connectivity index is 1.66. The van der Waals surface area contributed by atoms with E-state index in [1.807, 2.05) is 12.1 Å². The Morgan fingerprint density at radius 1 is 0.719 bits per heavy atom. The summed E-state index contributed by atoms with van der Waals surface area (Å²) in [6, 6.07) is 31.5. The van der Waals surface area contributed by atoms with Crippen LogP contribution in [0.2, 0.25) is 0 Å². The van der Waals surface area contributed by atoms with E-state index >= 15 is 0 Å². The molecular formula is C28H28O3S. The van der Waals surface area contributed by atoms with Crippen LogP contribution in [0.25, 0.3) is 5.57 Å². The molecule has 32 heavy (non-hydrogen) atoms. The molecule has 2 aliphatic carbocycles. The van der Waals surface area contributed by atoms with Crippen LogP contribution in [-0.2, 0) is 14.3 Å². The van der Waals surface area contributed by atoms with Gasteiger partial charge in [-0.3, -0.25) is 4.18 Å². The largest absolute Gasteiger partial charge is 0.267 e. The minimum atomic E-state index is -3.56. The van der Waals surface area contributed by atoms with Crippen LogP contribution in [-0.4, -0.2) is 20.8 Å². The summed E-state index contributed by atoms with van der Waals surface area (Å²) in [4.78, 5) is 0. The average Bonchev–Trinajstić information content (AvgIpc) is 2.82. The summed E-state index contributed by atoms with van der Waals surface area (Å²) in [6.07, 6.45) is 4.81. The van der Waals surface area contributed by atoms with E-state index in [0.29, 0.717) is 12.3 Å². The van der Waals surface area contributed by atoms with Crippen LogP contribution in [0, 0.1) is 11.8 Å². The van der Waals surface area contributed by atoms with Crippen molar-refractivity contribution in [3.05, 3.63) is 114 Å². The third-order valence-electron chi connectivity index (χ3n) is 7.01. The van der Waals surface area contributed by atoms with Gasteiger partial charge in [0.25, 0.3) is 10.1 Å². The molecule has 2 bridgehead atoms. The van der Waals surface area contributed by atoms with Gasteiger partial charge in [0.05, 0.1) is 12.4 Å². The lowest BCUT2D eigenvalue weighted by Crippen LogP contribution is -2.42. The molecule has 0 aliphatic heterocycles. The Bertz CT molecular complexity index is 1190. The van der Waals surface area contributed by atoms with Crippen molar-refractivity contribution in [1.82, 2.24) is 0 Å². The van der Waals surface area contributed by atoms with Crippen LogP contribution in [0.1, 0.15) is 41.4 Å². The van der Waals surface area contributed by atoms with Gasteiger partial charge in [-0.05, 0) is 52.9 Å². The molecule has 3 aromatic carbocycles. The Kier molecular flexibility index (Phi) is 5.75. The maximum atomic E-state index is 12.2. The third kappa shape index (κ3) is 4.30. The summed E-state index contributed by atoms with van der Waals surface area (Å²) in [5, 5.41) is 0. The zero-order valence-corrected chi connectivity index (χ0v) is 19.0. The molecule has 0 saturated heterocycles. The summed E-state index contributed by atoms with van der Waals surface area (Å²) < 4.78 is 30.1. The number of hydrogen-bond donors (Lipinski definition) is 0.